The van der Waals surface area contributed by atoms with Crippen molar-refractivity contribution in [2.24, 2.45) is 5.92 Å². The summed E-state index contributed by atoms with van der Waals surface area (Å²) in [7, 11) is 0. The molecule has 0 saturated heterocycles. The van der Waals surface area contributed by atoms with E-state index in [1.54, 1.807) is 37.3 Å². The molecule has 0 aliphatic carbocycles. The zero-order chi connectivity index (χ0) is 18.1. The fraction of sp³-hybridized carbons (Fsp3) is 0.556. The average molecular weight is 337 g/mol. The van der Waals surface area contributed by atoms with Gasteiger partial charge in [0.25, 0.3) is 5.91 Å². The molecular formula is C18H27NO5. The lowest BCUT2D eigenvalue weighted by Crippen LogP contribution is -2.49. The molecule has 3 N–H and O–H groups in total. The van der Waals surface area contributed by atoms with Crippen LogP contribution < -0.4 is 5.32 Å². The third-order valence-corrected chi connectivity index (χ3v) is 3.64. The van der Waals surface area contributed by atoms with E-state index in [-0.39, 0.29) is 18.4 Å². The molecule has 3 atom stereocenters. The molecule has 0 fully saturated rings. The van der Waals surface area contributed by atoms with Crippen LogP contribution in [0.4, 0.5) is 0 Å². The van der Waals surface area contributed by atoms with Gasteiger partial charge < -0.3 is 20.3 Å². The molecule has 1 aromatic carbocycles. The summed E-state index contributed by atoms with van der Waals surface area (Å²) in [5, 5.41) is 22.1. The minimum Gasteiger partial charge on any atom is -0.458 e. The number of ether oxygens (including phenoxy) is 1. The number of esters is 1. The number of carbonyl (C=O) groups is 2. The molecule has 0 unspecified atom stereocenters. The Bertz CT molecular complexity index is 513. The number of aliphatic hydroxyl groups excluding tert-OH is 2. The van der Waals surface area contributed by atoms with Crippen molar-refractivity contribution in [1.82, 2.24) is 5.32 Å². The fourth-order valence-corrected chi connectivity index (χ4v) is 2.26. The molecule has 6 nitrogen and oxygen atoms in total. The number of carbonyl (C=O) groups excluding carboxylic acids is 2. The first-order valence-electron chi connectivity index (χ1n) is 8.24. The van der Waals surface area contributed by atoms with Crippen LogP contribution >= 0.6 is 0 Å². The highest BCUT2D eigenvalue weighted by Crippen LogP contribution is 2.12. The van der Waals surface area contributed by atoms with Crippen LogP contribution in [-0.4, -0.2) is 46.9 Å². The highest BCUT2D eigenvalue weighted by molar-refractivity contribution is 5.94. The van der Waals surface area contributed by atoms with Crippen molar-refractivity contribution in [1.29, 1.82) is 0 Å². The van der Waals surface area contributed by atoms with Crippen molar-refractivity contribution < 1.29 is 24.5 Å². The monoisotopic (exact) mass is 337 g/mol. The second-order valence-electron chi connectivity index (χ2n) is 6.17. The molecule has 134 valence electrons. The average Bonchev–Trinajstić information content (AvgIpc) is 2.58. The van der Waals surface area contributed by atoms with Crippen LogP contribution in [0.3, 0.4) is 0 Å². The first-order chi connectivity index (χ1) is 11.4. The van der Waals surface area contributed by atoms with Gasteiger partial charge in [0.15, 0.2) is 6.10 Å². The van der Waals surface area contributed by atoms with E-state index in [1.807, 2.05) is 13.8 Å². The van der Waals surface area contributed by atoms with E-state index in [0.717, 1.165) is 0 Å². The molecule has 6 heteroatoms. The van der Waals surface area contributed by atoms with Crippen LogP contribution in [0.5, 0.6) is 0 Å². The van der Waals surface area contributed by atoms with Crippen molar-refractivity contribution in [3.05, 3.63) is 35.9 Å². The Morgan fingerprint density at radius 3 is 2.33 bits per heavy atom. The first-order valence-corrected chi connectivity index (χ1v) is 8.24. The van der Waals surface area contributed by atoms with Gasteiger partial charge in [-0.15, -0.1) is 0 Å². The maximum atomic E-state index is 12.3. The topological polar surface area (TPSA) is 95.9 Å². The van der Waals surface area contributed by atoms with Gasteiger partial charge in [-0.05, 0) is 30.9 Å². The Hall–Kier alpha value is -1.92. The molecular weight excluding hydrogens is 310 g/mol. The van der Waals surface area contributed by atoms with Crippen molar-refractivity contribution in [3.8, 4) is 0 Å². The van der Waals surface area contributed by atoms with Gasteiger partial charge in [0, 0.05) is 5.56 Å². The molecule has 0 saturated carbocycles. The number of aliphatic hydroxyl groups is 2. The van der Waals surface area contributed by atoms with E-state index in [4.69, 9.17) is 9.84 Å². The van der Waals surface area contributed by atoms with Crippen LogP contribution in [0.2, 0.25) is 0 Å². The van der Waals surface area contributed by atoms with Crippen LogP contribution in [0.15, 0.2) is 30.3 Å². The quantitative estimate of drug-likeness (QED) is 0.594. The highest BCUT2D eigenvalue weighted by atomic mass is 16.6. The molecule has 0 bridgehead atoms. The zero-order valence-corrected chi connectivity index (χ0v) is 14.4. The van der Waals surface area contributed by atoms with Gasteiger partial charge in [0.1, 0.15) is 6.10 Å². The van der Waals surface area contributed by atoms with Crippen molar-refractivity contribution in [2.45, 2.75) is 51.9 Å². The van der Waals surface area contributed by atoms with E-state index in [2.05, 4.69) is 5.32 Å². The first kappa shape index (κ1) is 20.1. The molecule has 1 rings (SSSR count). The molecule has 1 amide bonds. The Morgan fingerprint density at radius 2 is 1.83 bits per heavy atom. The smallest absolute Gasteiger partial charge is 0.337 e. The molecule has 0 aliphatic rings. The molecule has 0 aromatic heterocycles. The van der Waals surface area contributed by atoms with E-state index < -0.39 is 24.2 Å². The van der Waals surface area contributed by atoms with Gasteiger partial charge in [-0.25, -0.2) is 4.79 Å². The van der Waals surface area contributed by atoms with Crippen molar-refractivity contribution in [2.75, 3.05) is 6.61 Å². The lowest BCUT2D eigenvalue weighted by molar-refractivity contribution is -0.162. The maximum Gasteiger partial charge on any atom is 0.337 e. The number of benzene rings is 1. The lowest BCUT2D eigenvalue weighted by atomic mass is 9.98. The number of rotatable bonds is 9. The van der Waals surface area contributed by atoms with E-state index >= 15 is 0 Å². The normalized spacial score (nSPS) is 14.8. The number of amides is 1. The predicted molar refractivity (Wildman–Crippen MR) is 90.4 cm³/mol. The largest absolute Gasteiger partial charge is 0.458 e. The summed E-state index contributed by atoms with van der Waals surface area (Å²) >= 11 is 0. The molecule has 24 heavy (non-hydrogen) atoms. The SMILES string of the molecule is CC[C@H](CO)OC(=O)[C@H](O)[C@H](CC(C)C)NC(=O)c1ccccc1. The summed E-state index contributed by atoms with van der Waals surface area (Å²) in [5.74, 6) is -1.04. The van der Waals surface area contributed by atoms with Crippen LogP contribution in [-0.2, 0) is 9.53 Å². The van der Waals surface area contributed by atoms with Gasteiger partial charge in [0.05, 0.1) is 12.6 Å². The van der Waals surface area contributed by atoms with Crippen LogP contribution in [0, 0.1) is 5.92 Å². The van der Waals surface area contributed by atoms with Crippen molar-refractivity contribution in [3.63, 3.8) is 0 Å². The standard InChI is InChI=1S/C18H27NO5/c1-4-14(11-20)24-18(23)16(21)15(10-12(2)3)19-17(22)13-8-6-5-7-9-13/h5-9,12,14-16,20-21H,4,10-11H2,1-3H3,(H,19,22)/t14-,15+,16-/m1/s1. The zero-order valence-electron chi connectivity index (χ0n) is 14.4. The lowest BCUT2D eigenvalue weighted by Gasteiger charge is -2.26. The second kappa shape index (κ2) is 10.1. The van der Waals surface area contributed by atoms with Gasteiger partial charge in [-0.3, -0.25) is 4.79 Å². The van der Waals surface area contributed by atoms with Gasteiger partial charge in [-0.2, -0.15) is 0 Å². The summed E-state index contributed by atoms with van der Waals surface area (Å²) in [5.41, 5.74) is 0.452. The third kappa shape index (κ3) is 6.29. The minimum atomic E-state index is -1.49. The Morgan fingerprint density at radius 1 is 1.21 bits per heavy atom. The van der Waals surface area contributed by atoms with E-state index in [0.29, 0.717) is 18.4 Å². The van der Waals surface area contributed by atoms with Crippen LogP contribution in [0.25, 0.3) is 0 Å². The number of hydrogen-bond donors (Lipinski definition) is 3. The minimum absolute atomic E-state index is 0.160. The second-order valence-corrected chi connectivity index (χ2v) is 6.17. The van der Waals surface area contributed by atoms with E-state index in [1.165, 1.54) is 0 Å². The molecule has 0 heterocycles. The number of hydrogen-bond acceptors (Lipinski definition) is 5. The summed E-state index contributed by atoms with van der Waals surface area (Å²) in [6.07, 6.45) is -1.28. The Labute approximate surface area is 142 Å². The predicted octanol–water partition coefficient (Wildman–Crippen LogP) is 1.51. The van der Waals surface area contributed by atoms with Crippen molar-refractivity contribution >= 4 is 11.9 Å². The Kier molecular flexibility index (Phi) is 8.43. The summed E-state index contributed by atoms with van der Waals surface area (Å²) in [6.45, 7) is 5.33. The molecule has 0 radical (unpaired) electrons. The summed E-state index contributed by atoms with van der Waals surface area (Å²) in [6, 6.07) is 7.83. The molecule has 0 aliphatic heterocycles. The number of nitrogens with one attached hydrogen (secondary N) is 1. The Balaban J connectivity index is 2.80. The highest BCUT2D eigenvalue weighted by Gasteiger charge is 2.31. The molecule has 1 aromatic rings. The maximum absolute atomic E-state index is 12.3. The fourth-order valence-electron chi connectivity index (χ4n) is 2.26. The van der Waals surface area contributed by atoms with Gasteiger partial charge in [0.2, 0.25) is 0 Å². The summed E-state index contributed by atoms with van der Waals surface area (Å²) in [4.78, 5) is 24.4. The van der Waals surface area contributed by atoms with E-state index in [9.17, 15) is 14.7 Å². The van der Waals surface area contributed by atoms with Crippen LogP contribution in [0.1, 0.15) is 44.0 Å². The van der Waals surface area contributed by atoms with Gasteiger partial charge >= 0.3 is 5.97 Å². The third-order valence-electron chi connectivity index (χ3n) is 3.64. The summed E-state index contributed by atoms with van der Waals surface area (Å²) < 4.78 is 5.07. The molecule has 0 spiro atoms. The van der Waals surface area contributed by atoms with Gasteiger partial charge in [-0.1, -0.05) is 39.0 Å².